The van der Waals surface area contributed by atoms with Gasteiger partial charge in [-0.05, 0) is 42.0 Å². The number of nitriles is 1. The third-order valence-corrected chi connectivity index (χ3v) is 4.84. The van der Waals surface area contributed by atoms with E-state index in [1.807, 2.05) is 60.7 Å². The van der Waals surface area contributed by atoms with Crippen LogP contribution in [0.25, 0.3) is 21.8 Å². The van der Waals surface area contributed by atoms with Gasteiger partial charge in [0.2, 0.25) is 5.95 Å². The fourth-order valence-corrected chi connectivity index (χ4v) is 3.30. The van der Waals surface area contributed by atoms with Gasteiger partial charge in [-0.2, -0.15) is 15.3 Å². The zero-order valence-corrected chi connectivity index (χ0v) is 15.9. The van der Waals surface area contributed by atoms with Crippen LogP contribution in [0.1, 0.15) is 11.1 Å². The standard InChI is InChI=1S/C23H17N7/c24-13-15-9-11-16(12-10-15)14-25-23-26-19-7-3-1-5-17(19)21(28-23)27-22-18-6-2-4-8-20(18)29-30-22/h1-12H,14H2,(H3,25,26,27,28,29,30). The van der Waals surface area contributed by atoms with Crippen LogP contribution in [0.5, 0.6) is 0 Å². The SMILES string of the molecule is N#Cc1ccc(CNc2nc(Nc3n[nH]c4ccccc34)c3ccccc3n2)cc1. The van der Waals surface area contributed by atoms with Gasteiger partial charge in [-0.3, -0.25) is 5.10 Å². The molecule has 0 fully saturated rings. The van der Waals surface area contributed by atoms with E-state index < -0.39 is 0 Å². The van der Waals surface area contributed by atoms with E-state index in [0.29, 0.717) is 29.7 Å². The lowest BCUT2D eigenvalue weighted by molar-refractivity contribution is 1.07. The van der Waals surface area contributed by atoms with Gasteiger partial charge in [0.1, 0.15) is 5.82 Å². The van der Waals surface area contributed by atoms with Gasteiger partial charge in [0.25, 0.3) is 0 Å². The predicted molar refractivity (Wildman–Crippen MR) is 117 cm³/mol. The smallest absolute Gasteiger partial charge is 0.225 e. The van der Waals surface area contributed by atoms with Gasteiger partial charge < -0.3 is 10.6 Å². The molecule has 5 rings (SSSR count). The Kier molecular flexibility index (Phi) is 4.43. The second-order valence-electron chi connectivity index (χ2n) is 6.82. The van der Waals surface area contributed by atoms with Crippen LogP contribution in [0.2, 0.25) is 0 Å². The third-order valence-electron chi connectivity index (χ3n) is 4.84. The number of nitrogens with zero attached hydrogens (tertiary/aromatic N) is 4. The lowest BCUT2D eigenvalue weighted by Gasteiger charge is -2.11. The summed E-state index contributed by atoms with van der Waals surface area (Å²) >= 11 is 0. The van der Waals surface area contributed by atoms with Gasteiger partial charge in [-0.1, -0.05) is 36.4 Å². The highest BCUT2D eigenvalue weighted by Crippen LogP contribution is 2.28. The fourth-order valence-electron chi connectivity index (χ4n) is 3.30. The zero-order valence-electron chi connectivity index (χ0n) is 15.9. The van der Waals surface area contributed by atoms with Crippen molar-refractivity contribution in [2.45, 2.75) is 6.54 Å². The second-order valence-corrected chi connectivity index (χ2v) is 6.82. The lowest BCUT2D eigenvalue weighted by Crippen LogP contribution is -2.06. The van der Waals surface area contributed by atoms with Gasteiger partial charge in [0.15, 0.2) is 5.82 Å². The summed E-state index contributed by atoms with van der Waals surface area (Å²) in [5.41, 5.74) is 3.46. The van der Waals surface area contributed by atoms with Crippen molar-refractivity contribution in [3.63, 3.8) is 0 Å². The minimum absolute atomic E-state index is 0.514. The maximum absolute atomic E-state index is 8.94. The van der Waals surface area contributed by atoms with Crippen LogP contribution in [0, 0.1) is 11.3 Å². The van der Waals surface area contributed by atoms with Gasteiger partial charge in [-0.25, -0.2) is 4.98 Å². The van der Waals surface area contributed by atoms with Crippen molar-refractivity contribution in [1.29, 1.82) is 5.26 Å². The molecule has 30 heavy (non-hydrogen) atoms. The largest absolute Gasteiger partial charge is 0.350 e. The molecule has 0 unspecified atom stereocenters. The maximum Gasteiger partial charge on any atom is 0.225 e. The number of aromatic nitrogens is 4. The van der Waals surface area contributed by atoms with Crippen LogP contribution in [-0.4, -0.2) is 20.2 Å². The molecule has 144 valence electrons. The average Bonchev–Trinajstić information content (AvgIpc) is 3.21. The number of aromatic amines is 1. The monoisotopic (exact) mass is 391 g/mol. The number of hydrogen-bond donors (Lipinski definition) is 3. The summed E-state index contributed by atoms with van der Waals surface area (Å²) in [6, 6.07) is 25.4. The maximum atomic E-state index is 8.94. The van der Waals surface area contributed by atoms with Crippen LogP contribution in [0.15, 0.2) is 72.8 Å². The number of nitrogens with one attached hydrogen (secondary N) is 3. The third kappa shape index (κ3) is 3.38. The summed E-state index contributed by atoms with van der Waals surface area (Å²) in [7, 11) is 0. The van der Waals surface area contributed by atoms with Gasteiger partial charge in [0, 0.05) is 17.3 Å². The molecule has 0 amide bonds. The Labute approximate surface area is 172 Å². The first-order valence-corrected chi connectivity index (χ1v) is 9.50. The minimum Gasteiger partial charge on any atom is -0.350 e. The molecule has 5 aromatic rings. The molecule has 0 saturated heterocycles. The Morgan fingerprint density at radius 2 is 1.60 bits per heavy atom. The number of benzene rings is 3. The van der Waals surface area contributed by atoms with E-state index in [4.69, 9.17) is 10.2 Å². The number of anilines is 3. The van der Waals surface area contributed by atoms with Crippen LogP contribution < -0.4 is 10.6 Å². The Morgan fingerprint density at radius 1 is 0.833 bits per heavy atom. The highest BCUT2D eigenvalue weighted by molar-refractivity contribution is 5.96. The Bertz CT molecular complexity index is 1380. The molecule has 2 heterocycles. The average molecular weight is 391 g/mol. The molecule has 7 heteroatoms. The molecule has 0 aliphatic rings. The Hall–Kier alpha value is -4.44. The Balaban J connectivity index is 1.47. The van der Waals surface area contributed by atoms with Crippen molar-refractivity contribution in [1.82, 2.24) is 20.2 Å². The summed E-state index contributed by atoms with van der Waals surface area (Å²) in [5, 5.41) is 24.9. The van der Waals surface area contributed by atoms with Crippen molar-refractivity contribution < 1.29 is 0 Å². The molecule has 0 saturated carbocycles. The minimum atomic E-state index is 0.514. The number of fused-ring (bicyclic) bond motifs is 2. The molecular weight excluding hydrogens is 374 g/mol. The van der Waals surface area contributed by atoms with E-state index in [2.05, 4.69) is 31.9 Å². The molecular formula is C23H17N7. The number of rotatable bonds is 5. The van der Waals surface area contributed by atoms with Crippen molar-refractivity contribution in [3.8, 4) is 6.07 Å². The summed E-state index contributed by atoms with van der Waals surface area (Å²) in [5.74, 6) is 1.91. The zero-order chi connectivity index (χ0) is 20.3. The second kappa shape index (κ2) is 7.53. The highest BCUT2D eigenvalue weighted by Gasteiger charge is 2.11. The van der Waals surface area contributed by atoms with Crippen LogP contribution in [0.3, 0.4) is 0 Å². The van der Waals surface area contributed by atoms with E-state index in [-0.39, 0.29) is 0 Å². The van der Waals surface area contributed by atoms with Crippen molar-refractivity contribution in [2.75, 3.05) is 10.6 Å². The van der Waals surface area contributed by atoms with E-state index >= 15 is 0 Å². The van der Waals surface area contributed by atoms with E-state index in [1.54, 1.807) is 12.1 Å². The molecule has 7 nitrogen and oxygen atoms in total. The van der Waals surface area contributed by atoms with Gasteiger partial charge >= 0.3 is 0 Å². The number of H-pyrrole nitrogens is 1. The lowest BCUT2D eigenvalue weighted by atomic mass is 10.1. The topological polar surface area (TPSA) is 102 Å². The van der Waals surface area contributed by atoms with Crippen LogP contribution >= 0.6 is 0 Å². The number of hydrogen-bond acceptors (Lipinski definition) is 6. The van der Waals surface area contributed by atoms with Gasteiger partial charge in [-0.15, -0.1) is 0 Å². The fraction of sp³-hybridized carbons (Fsp3) is 0.0435. The van der Waals surface area contributed by atoms with Crippen LogP contribution in [-0.2, 0) is 6.54 Å². The molecule has 0 radical (unpaired) electrons. The molecule has 0 spiro atoms. The molecule has 0 aliphatic carbocycles. The van der Waals surface area contributed by atoms with E-state index in [0.717, 1.165) is 27.4 Å². The normalized spacial score (nSPS) is 10.8. The van der Waals surface area contributed by atoms with E-state index in [9.17, 15) is 0 Å². The summed E-state index contributed by atoms with van der Waals surface area (Å²) in [6.07, 6.45) is 0. The van der Waals surface area contributed by atoms with Crippen LogP contribution in [0.4, 0.5) is 17.6 Å². The van der Waals surface area contributed by atoms with E-state index in [1.165, 1.54) is 0 Å². The van der Waals surface area contributed by atoms with Gasteiger partial charge in [0.05, 0.1) is 22.7 Å². The highest BCUT2D eigenvalue weighted by atomic mass is 15.2. The number of para-hydroxylation sites is 2. The summed E-state index contributed by atoms with van der Waals surface area (Å²) in [6.45, 7) is 0.550. The summed E-state index contributed by atoms with van der Waals surface area (Å²) in [4.78, 5) is 9.33. The molecule has 2 aromatic heterocycles. The molecule has 0 atom stereocenters. The van der Waals surface area contributed by atoms with Crippen molar-refractivity contribution in [3.05, 3.63) is 83.9 Å². The first-order valence-electron chi connectivity index (χ1n) is 9.50. The van der Waals surface area contributed by atoms with Crippen molar-refractivity contribution in [2.24, 2.45) is 0 Å². The first-order chi connectivity index (χ1) is 14.8. The Morgan fingerprint density at radius 3 is 2.43 bits per heavy atom. The first kappa shape index (κ1) is 17.6. The molecule has 3 N–H and O–H groups in total. The summed E-state index contributed by atoms with van der Waals surface area (Å²) < 4.78 is 0. The predicted octanol–water partition coefficient (Wildman–Crippen LogP) is 4.73. The quantitative estimate of drug-likeness (QED) is 0.400. The molecule has 3 aromatic carbocycles. The molecule has 0 bridgehead atoms. The molecule has 0 aliphatic heterocycles. The van der Waals surface area contributed by atoms with Crippen molar-refractivity contribution >= 4 is 39.4 Å².